The molecule has 6 heteroatoms. The molecule has 1 aromatic carbocycles. The Morgan fingerprint density at radius 2 is 1.75 bits per heavy atom. The first-order valence-corrected chi connectivity index (χ1v) is 7.68. The monoisotopic (exact) mass is 332 g/mol. The van der Waals surface area contributed by atoms with Gasteiger partial charge < -0.3 is 14.2 Å². The molecule has 1 aromatic rings. The van der Waals surface area contributed by atoms with Gasteiger partial charge in [0.15, 0.2) is 5.78 Å². The topological polar surface area (TPSA) is 78.9 Å². The zero-order valence-electron chi connectivity index (χ0n) is 13.6. The Morgan fingerprint density at radius 3 is 2.38 bits per heavy atom. The summed E-state index contributed by atoms with van der Waals surface area (Å²) in [5.41, 5.74) is 0.605. The van der Waals surface area contributed by atoms with Gasteiger partial charge in [-0.25, -0.2) is 0 Å². The van der Waals surface area contributed by atoms with Crippen LogP contribution in [0.2, 0.25) is 0 Å². The summed E-state index contributed by atoms with van der Waals surface area (Å²) in [4.78, 5) is 34.4. The normalized spacial score (nSPS) is 22.7. The van der Waals surface area contributed by atoms with Crippen LogP contribution in [0.4, 0.5) is 0 Å². The van der Waals surface area contributed by atoms with Crippen LogP contribution in [0.25, 0.3) is 0 Å². The van der Waals surface area contributed by atoms with E-state index in [1.807, 2.05) is 6.07 Å². The number of ether oxygens (including phenoxy) is 3. The van der Waals surface area contributed by atoms with Crippen LogP contribution in [0.15, 0.2) is 42.5 Å². The first-order valence-electron chi connectivity index (χ1n) is 7.68. The molecule has 0 radical (unpaired) electrons. The zero-order valence-corrected chi connectivity index (χ0v) is 13.6. The highest BCUT2D eigenvalue weighted by molar-refractivity contribution is 5.96. The molecule has 128 valence electrons. The lowest BCUT2D eigenvalue weighted by atomic mass is 10.0. The average Bonchev–Trinajstić information content (AvgIpc) is 2.55. The van der Waals surface area contributed by atoms with Gasteiger partial charge in [0, 0.05) is 25.8 Å². The maximum absolute atomic E-state index is 12.3. The highest BCUT2D eigenvalue weighted by Crippen LogP contribution is 2.20. The fourth-order valence-electron chi connectivity index (χ4n) is 2.39. The molecule has 1 aliphatic heterocycles. The van der Waals surface area contributed by atoms with Crippen molar-refractivity contribution >= 4 is 17.7 Å². The highest BCUT2D eigenvalue weighted by Gasteiger charge is 2.31. The van der Waals surface area contributed by atoms with Crippen molar-refractivity contribution in [3.8, 4) is 0 Å². The molecule has 0 unspecified atom stereocenters. The summed E-state index contributed by atoms with van der Waals surface area (Å²) in [6, 6.07) is 8.92. The molecule has 0 saturated heterocycles. The standard InChI is InChI=1S/C18H20O6/c1-12(19)22-11-18-17(23-13(2)20)9-8-15(24-18)10-16(21)14-6-4-3-5-7-14/h3-9,15,17-18H,10-11H2,1-2H3/t15-,17+,18-/m1/s1. The molecule has 0 saturated carbocycles. The van der Waals surface area contributed by atoms with Crippen LogP contribution in [-0.2, 0) is 23.8 Å². The summed E-state index contributed by atoms with van der Waals surface area (Å²) in [7, 11) is 0. The van der Waals surface area contributed by atoms with Gasteiger partial charge in [-0.15, -0.1) is 0 Å². The van der Waals surface area contributed by atoms with Crippen LogP contribution in [-0.4, -0.2) is 42.6 Å². The van der Waals surface area contributed by atoms with E-state index in [1.165, 1.54) is 13.8 Å². The summed E-state index contributed by atoms with van der Waals surface area (Å²) in [5.74, 6) is -0.964. The molecule has 0 fully saturated rings. The number of hydrogen-bond donors (Lipinski definition) is 0. The predicted octanol–water partition coefficient (Wildman–Crippen LogP) is 2.08. The molecule has 2 rings (SSSR count). The molecule has 1 heterocycles. The highest BCUT2D eigenvalue weighted by atomic mass is 16.6. The zero-order chi connectivity index (χ0) is 17.5. The number of esters is 2. The predicted molar refractivity (Wildman–Crippen MR) is 85.4 cm³/mol. The van der Waals surface area contributed by atoms with Crippen LogP contribution in [0, 0.1) is 0 Å². The third-order valence-corrected chi connectivity index (χ3v) is 3.47. The van der Waals surface area contributed by atoms with Crippen LogP contribution in [0.1, 0.15) is 30.6 Å². The summed E-state index contributed by atoms with van der Waals surface area (Å²) >= 11 is 0. The van der Waals surface area contributed by atoms with Crippen molar-refractivity contribution in [3.63, 3.8) is 0 Å². The number of carbonyl (C=O) groups is 3. The summed E-state index contributed by atoms with van der Waals surface area (Å²) < 4.78 is 15.9. The van der Waals surface area contributed by atoms with E-state index in [0.29, 0.717) is 5.56 Å². The Bertz CT molecular complexity index is 622. The number of rotatable bonds is 6. The van der Waals surface area contributed by atoms with Crippen molar-refractivity contribution in [3.05, 3.63) is 48.0 Å². The second-order valence-corrected chi connectivity index (χ2v) is 5.47. The molecule has 0 spiro atoms. The Morgan fingerprint density at radius 1 is 1.04 bits per heavy atom. The van der Waals surface area contributed by atoms with Gasteiger partial charge in [0.05, 0.1) is 6.10 Å². The smallest absolute Gasteiger partial charge is 0.303 e. The number of Topliss-reactive ketones (excluding diaryl/α,β-unsaturated/α-hetero) is 1. The van der Waals surface area contributed by atoms with Gasteiger partial charge in [0.2, 0.25) is 0 Å². The number of hydrogen-bond acceptors (Lipinski definition) is 6. The fourth-order valence-corrected chi connectivity index (χ4v) is 2.39. The molecule has 0 N–H and O–H groups in total. The van der Waals surface area contributed by atoms with E-state index in [4.69, 9.17) is 14.2 Å². The molecule has 0 aliphatic carbocycles. The van der Waals surface area contributed by atoms with Crippen molar-refractivity contribution < 1.29 is 28.6 Å². The van der Waals surface area contributed by atoms with Crippen LogP contribution >= 0.6 is 0 Å². The van der Waals surface area contributed by atoms with Gasteiger partial charge >= 0.3 is 11.9 Å². The fraction of sp³-hybridized carbons (Fsp3) is 0.389. The largest absolute Gasteiger partial charge is 0.463 e. The molecular formula is C18H20O6. The summed E-state index contributed by atoms with van der Waals surface area (Å²) in [6.45, 7) is 2.53. The summed E-state index contributed by atoms with van der Waals surface area (Å²) in [6.07, 6.45) is 1.76. The number of carbonyl (C=O) groups excluding carboxylic acids is 3. The average molecular weight is 332 g/mol. The third kappa shape index (κ3) is 5.31. The maximum Gasteiger partial charge on any atom is 0.303 e. The molecule has 6 nitrogen and oxygen atoms in total. The third-order valence-electron chi connectivity index (χ3n) is 3.47. The Hall–Kier alpha value is -2.47. The van der Waals surface area contributed by atoms with E-state index in [1.54, 1.807) is 36.4 Å². The SMILES string of the molecule is CC(=O)OC[C@H]1O[C@@H](CC(=O)c2ccccc2)C=C[C@@H]1OC(C)=O. The molecule has 0 amide bonds. The van der Waals surface area contributed by atoms with E-state index in [-0.39, 0.29) is 18.8 Å². The maximum atomic E-state index is 12.3. The van der Waals surface area contributed by atoms with E-state index < -0.39 is 30.3 Å². The van der Waals surface area contributed by atoms with Gasteiger partial charge in [-0.05, 0) is 6.08 Å². The van der Waals surface area contributed by atoms with Crippen LogP contribution in [0.3, 0.4) is 0 Å². The van der Waals surface area contributed by atoms with E-state index in [0.717, 1.165) is 0 Å². The minimum absolute atomic E-state index is 0.0480. The lowest BCUT2D eigenvalue weighted by Gasteiger charge is -2.31. The number of ketones is 1. The molecular weight excluding hydrogens is 312 g/mol. The van der Waals surface area contributed by atoms with Gasteiger partial charge in [0.25, 0.3) is 0 Å². The quantitative estimate of drug-likeness (QED) is 0.451. The van der Waals surface area contributed by atoms with Gasteiger partial charge in [-0.3, -0.25) is 14.4 Å². The molecule has 0 aromatic heterocycles. The van der Waals surface area contributed by atoms with Crippen molar-refractivity contribution in [1.29, 1.82) is 0 Å². The number of benzene rings is 1. The minimum atomic E-state index is -0.648. The molecule has 3 atom stereocenters. The van der Waals surface area contributed by atoms with Gasteiger partial charge in [-0.2, -0.15) is 0 Å². The first kappa shape index (κ1) is 17.9. The second kappa shape index (κ2) is 8.40. The van der Waals surface area contributed by atoms with Crippen LogP contribution < -0.4 is 0 Å². The van der Waals surface area contributed by atoms with E-state index in [2.05, 4.69) is 0 Å². The van der Waals surface area contributed by atoms with E-state index >= 15 is 0 Å². The van der Waals surface area contributed by atoms with Crippen molar-refractivity contribution in [2.24, 2.45) is 0 Å². The first-order chi connectivity index (χ1) is 11.5. The second-order valence-electron chi connectivity index (χ2n) is 5.47. The lowest BCUT2D eigenvalue weighted by molar-refractivity contribution is -0.163. The van der Waals surface area contributed by atoms with Crippen molar-refractivity contribution in [1.82, 2.24) is 0 Å². The lowest BCUT2D eigenvalue weighted by Crippen LogP contribution is -2.41. The summed E-state index contributed by atoms with van der Waals surface area (Å²) in [5, 5.41) is 0. The van der Waals surface area contributed by atoms with Crippen molar-refractivity contribution in [2.45, 2.75) is 38.6 Å². The molecule has 0 bridgehead atoms. The molecule has 1 aliphatic rings. The van der Waals surface area contributed by atoms with Gasteiger partial charge in [0.1, 0.15) is 18.8 Å². The van der Waals surface area contributed by atoms with Gasteiger partial charge in [-0.1, -0.05) is 36.4 Å². The minimum Gasteiger partial charge on any atom is -0.463 e. The Labute approximate surface area is 140 Å². The van der Waals surface area contributed by atoms with E-state index in [9.17, 15) is 14.4 Å². The Kier molecular flexibility index (Phi) is 6.26. The van der Waals surface area contributed by atoms with Crippen molar-refractivity contribution in [2.75, 3.05) is 6.61 Å². The van der Waals surface area contributed by atoms with Crippen LogP contribution in [0.5, 0.6) is 0 Å². The molecule has 24 heavy (non-hydrogen) atoms. The Balaban J connectivity index is 2.02.